The summed E-state index contributed by atoms with van der Waals surface area (Å²) in [5.41, 5.74) is 4.66. The number of para-hydroxylation sites is 1. The predicted molar refractivity (Wildman–Crippen MR) is 131 cm³/mol. The van der Waals surface area contributed by atoms with E-state index in [1.54, 1.807) is 0 Å². The molecular formula is C28H29N3O2. The van der Waals surface area contributed by atoms with Crippen LogP contribution < -0.4 is 10.1 Å². The number of aromatic nitrogens is 1. The van der Waals surface area contributed by atoms with E-state index in [0.29, 0.717) is 13.0 Å². The lowest BCUT2D eigenvalue weighted by Gasteiger charge is -2.33. The van der Waals surface area contributed by atoms with Gasteiger partial charge in [-0.1, -0.05) is 60.7 Å². The highest BCUT2D eigenvalue weighted by molar-refractivity contribution is 5.86. The Hall–Kier alpha value is -3.57. The second-order valence-corrected chi connectivity index (χ2v) is 8.56. The molecule has 1 atom stereocenters. The van der Waals surface area contributed by atoms with Crippen molar-refractivity contribution in [2.75, 3.05) is 19.6 Å². The van der Waals surface area contributed by atoms with Gasteiger partial charge in [0.05, 0.1) is 6.04 Å². The number of piperazine rings is 1. The first-order valence-corrected chi connectivity index (χ1v) is 11.6. The van der Waals surface area contributed by atoms with Gasteiger partial charge in [0, 0.05) is 36.7 Å². The van der Waals surface area contributed by atoms with Gasteiger partial charge < -0.3 is 19.9 Å². The Morgan fingerprint density at radius 1 is 0.909 bits per heavy atom. The number of H-pyrrole nitrogens is 1. The van der Waals surface area contributed by atoms with Gasteiger partial charge in [-0.2, -0.15) is 0 Å². The molecule has 0 saturated carbocycles. The number of nitrogens with zero attached hydrogens (tertiary/aromatic N) is 1. The predicted octanol–water partition coefficient (Wildman–Crippen LogP) is 4.33. The summed E-state index contributed by atoms with van der Waals surface area (Å²) >= 11 is 0. The van der Waals surface area contributed by atoms with Crippen LogP contribution in [-0.2, 0) is 24.2 Å². The first-order chi connectivity index (χ1) is 16.3. The lowest BCUT2D eigenvalue weighted by molar-refractivity contribution is -0.135. The van der Waals surface area contributed by atoms with Crippen LogP contribution in [0.3, 0.4) is 0 Å². The molecule has 1 aliphatic heterocycles. The van der Waals surface area contributed by atoms with Crippen molar-refractivity contribution in [3.05, 3.63) is 102 Å². The molecule has 1 unspecified atom stereocenters. The van der Waals surface area contributed by atoms with Crippen molar-refractivity contribution in [1.82, 2.24) is 15.2 Å². The molecule has 3 aromatic carbocycles. The minimum absolute atomic E-state index is 0.174. The van der Waals surface area contributed by atoms with Crippen LogP contribution in [0.15, 0.2) is 85.1 Å². The van der Waals surface area contributed by atoms with Crippen molar-refractivity contribution < 1.29 is 9.53 Å². The molecule has 2 N–H and O–H groups in total. The Bertz CT molecular complexity index is 1200. The van der Waals surface area contributed by atoms with Gasteiger partial charge in [0.2, 0.25) is 5.91 Å². The summed E-state index contributed by atoms with van der Waals surface area (Å²) in [6.07, 6.45) is 3.57. The van der Waals surface area contributed by atoms with Crippen molar-refractivity contribution >= 4 is 16.8 Å². The van der Waals surface area contributed by atoms with Gasteiger partial charge in [-0.05, 0) is 47.7 Å². The average Bonchev–Trinajstić information content (AvgIpc) is 3.27. The molecule has 0 radical (unpaired) electrons. The highest BCUT2D eigenvalue weighted by Gasteiger charge is 2.28. The fourth-order valence-electron chi connectivity index (χ4n) is 4.45. The van der Waals surface area contributed by atoms with Crippen LogP contribution in [0.4, 0.5) is 0 Å². The number of aromatic amines is 1. The summed E-state index contributed by atoms with van der Waals surface area (Å²) in [6, 6.07) is 26.4. The number of benzene rings is 3. The van der Waals surface area contributed by atoms with Gasteiger partial charge in [0.15, 0.2) is 0 Å². The van der Waals surface area contributed by atoms with Gasteiger partial charge in [-0.25, -0.2) is 0 Å². The van der Waals surface area contributed by atoms with E-state index < -0.39 is 0 Å². The van der Waals surface area contributed by atoms with Gasteiger partial charge in [-0.3, -0.25) is 4.79 Å². The van der Waals surface area contributed by atoms with E-state index in [1.165, 1.54) is 16.5 Å². The van der Waals surface area contributed by atoms with Gasteiger partial charge >= 0.3 is 0 Å². The van der Waals surface area contributed by atoms with Gasteiger partial charge in [-0.15, -0.1) is 0 Å². The van der Waals surface area contributed by atoms with Crippen LogP contribution in [0.2, 0.25) is 0 Å². The Balaban J connectivity index is 1.14. The molecular weight excluding hydrogens is 410 g/mol. The number of amides is 1. The average molecular weight is 440 g/mol. The SMILES string of the molecule is O=C1C(Cc2c[nH]c3ccccc23)NCCN1CCc1ccc(OCc2ccccc2)cc1. The third kappa shape index (κ3) is 5.10. The molecule has 0 bridgehead atoms. The second kappa shape index (κ2) is 9.92. The summed E-state index contributed by atoms with van der Waals surface area (Å²) < 4.78 is 5.88. The maximum absolute atomic E-state index is 13.1. The number of fused-ring (bicyclic) bond motifs is 1. The van der Waals surface area contributed by atoms with E-state index in [1.807, 2.05) is 53.6 Å². The maximum atomic E-state index is 13.1. The molecule has 168 valence electrons. The zero-order valence-electron chi connectivity index (χ0n) is 18.7. The first-order valence-electron chi connectivity index (χ1n) is 11.6. The number of nitrogens with one attached hydrogen (secondary N) is 2. The van der Waals surface area contributed by atoms with E-state index in [4.69, 9.17) is 4.74 Å². The summed E-state index contributed by atoms with van der Waals surface area (Å²) in [4.78, 5) is 18.4. The first kappa shape index (κ1) is 21.3. The lowest BCUT2D eigenvalue weighted by atomic mass is 10.0. The Labute approximate surface area is 194 Å². The molecule has 5 nitrogen and oxygen atoms in total. The zero-order chi connectivity index (χ0) is 22.5. The number of carbonyl (C=O) groups excluding carboxylic acids is 1. The number of ether oxygens (including phenoxy) is 1. The molecule has 1 aliphatic rings. The number of rotatable bonds is 8. The van der Waals surface area contributed by atoms with Gasteiger partial charge in [0.25, 0.3) is 0 Å². The summed E-state index contributed by atoms with van der Waals surface area (Å²) in [6.45, 7) is 2.87. The van der Waals surface area contributed by atoms with E-state index in [9.17, 15) is 4.79 Å². The van der Waals surface area contributed by atoms with Crippen molar-refractivity contribution in [2.45, 2.75) is 25.5 Å². The van der Waals surface area contributed by atoms with Gasteiger partial charge in [0.1, 0.15) is 12.4 Å². The number of hydrogen-bond donors (Lipinski definition) is 2. The molecule has 0 aliphatic carbocycles. The molecule has 1 saturated heterocycles. The quantitative estimate of drug-likeness (QED) is 0.430. The molecule has 1 amide bonds. The van der Waals surface area contributed by atoms with Crippen molar-refractivity contribution in [2.24, 2.45) is 0 Å². The van der Waals surface area contributed by atoms with E-state index in [2.05, 4.69) is 46.7 Å². The van der Waals surface area contributed by atoms with Crippen molar-refractivity contribution in [1.29, 1.82) is 0 Å². The van der Waals surface area contributed by atoms with Crippen LogP contribution in [0.25, 0.3) is 10.9 Å². The Kier molecular flexibility index (Phi) is 6.40. The minimum atomic E-state index is -0.174. The number of hydrogen-bond acceptors (Lipinski definition) is 3. The smallest absolute Gasteiger partial charge is 0.240 e. The minimum Gasteiger partial charge on any atom is -0.489 e. The van der Waals surface area contributed by atoms with E-state index in [0.717, 1.165) is 42.9 Å². The van der Waals surface area contributed by atoms with Crippen LogP contribution in [0.5, 0.6) is 5.75 Å². The summed E-state index contributed by atoms with van der Waals surface area (Å²) in [7, 11) is 0. The normalized spacial score (nSPS) is 16.3. The van der Waals surface area contributed by atoms with Crippen LogP contribution >= 0.6 is 0 Å². The fraction of sp³-hybridized carbons (Fsp3) is 0.250. The van der Waals surface area contributed by atoms with Crippen molar-refractivity contribution in [3.8, 4) is 5.75 Å². The molecule has 0 spiro atoms. The second-order valence-electron chi connectivity index (χ2n) is 8.56. The Morgan fingerprint density at radius 2 is 1.70 bits per heavy atom. The monoisotopic (exact) mass is 439 g/mol. The standard InChI is InChI=1S/C28H29N3O2/c32-28-27(18-23-19-30-26-9-5-4-8-25(23)26)29-15-17-31(28)16-14-21-10-12-24(13-11-21)33-20-22-6-2-1-3-7-22/h1-13,19,27,29-30H,14-18,20H2. The molecule has 33 heavy (non-hydrogen) atoms. The fourth-order valence-corrected chi connectivity index (χ4v) is 4.45. The lowest BCUT2D eigenvalue weighted by Crippen LogP contribution is -2.56. The molecule has 5 rings (SSSR count). The molecule has 1 aromatic heterocycles. The molecule has 5 heteroatoms. The highest BCUT2D eigenvalue weighted by atomic mass is 16.5. The highest BCUT2D eigenvalue weighted by Crippen LogP contribution is 2.21. The summed E-state index contributed by atoms with van der Waals surface area (Å²) in [5.74, 6) is 1.05. The van der Waals surface area contributed by atoms with Crippen molar-refractivity contribution in [3.63, 3.8) is 0 Å². The van der Waals surface area contributed by atoms with E-state index >= 15 is 0 Å². The molecule has 2 heterocycles. The zero-order valence-corrected chi connectivity index (χ0v) is 18.7. The summed E-state index contributed by atoms with van der Waals surface area (Å²) in [5, 5.41) is 4.61. The van der Waals surface area contributed by atoms with E-state index in [-0.39, 0.29) is 11.9 Å². The molecule has 1 fully saturated rings. The largest absolute Gasteiger partial charge is 0.489 e. The molecule has 4 aromatic rings. The van der Waals surface area contributed by atoms with Crippen LogP contribution in [0.1, 0.15) is 16.7 Å². The third-order valence-corrected chi connectivity index (χ3v) is 6.32. The number of carbonyl (C=O) groups is 1. The third-order valence-electron chi connectivity index (χ3n) is 6.32. The topological polar surface area (TPSA) is 57.4 Å². The van der Waals surface area contributed by atoms with Crippen LogP contribution in [-0.4, -0.2) is 41.5 Å². The maximum Gasteiger partial charge on any atom is 0.240 e. The van der Waals surface area contributed by atoms with Crippen LogP contribution in [0, 0.1) is 0 Å². The Morgan fingerprint density at radius 3 is 2.55 bits per heavy atom.